The first-order valence-electron chi connectivity index (χ1n) is 16.2. The molecule has 0 fully saturated rings. The number of hydrogen-bond donors (Lipinski definition) is 0. The maximum atomic E-state index is 6.96. The van der Waals surface area contributed by atoms with Crippen LogP contribution in [-0.2, 0) is 0 Å². The molecular formula is C42H25BN2O3. The minimum atomic E-state index is -0.00607. The summed E-state index contributed by atoms with van der Waals surface area (Å²) in [4.78, 5) is 2.29. The number of hydrogen-bond acceptors (Lipinski definition) is 4. The lowest BCUT2D eigenvalue weighted by atomic mass is 9.35. The molecule has 11 rings (SSSR count). The maximum Gasteiger partial charge on any atom is 0.260 e. The van der Waals surface area contributed by atoms with Gasteiger partial charge in [0.25, 0.3) is 6.71 Å². The lowest BCUT2D eigenvalue weighted by Crippen LogP contribution is -2.57. The van der Waals surface area contributed by atoms with Gasteiger partial charge in [-0.2, -0.15) is 0 Å². The summed E-state index contributed by atoms with van der Waals surface area (Å²) in [6.07, 6.45) is 0. The summed E-state index contributed by atoms with van der Waals surface area (Å²) in [7, 11) is 0. The minimum absolute atomic E-state index is 0.00607. The average molecular weight is 616 g/mol. The Balaban J connectivity index is 1.24. The Kier molecular flexibility index (Phi) is 5.13. The fraction of sp³-hybridized carbons (Fsp3) is 0. The first-order valence-corrected chi connectivity index (χ1v) is 16.2. The number of aromatic nitrogens is 1. The monoisotopic (exact) mass is 616 g/mol. The third-order valence-electron chi connectivity index (χ3n) is 9.88. The molecule has 6 heteroatoms. The number of benzene rings is 7. The molecule has 0 amide bonds. The first-order chi connectivity index (χ1) is 23.8. The van der Waals surface area contributed by atoms with E-state index in [0.717, 1.165) is 95.4 Å². The highest BCUT2D eigenvalue weighted by atomic mass is 16.5. The van der Waals surface area contributed by atoms with Gasteiger partial charge in [0.2, 0.25) is 0 Å². The van der Waals surface area contributed by atoms with Crippen LogP contribution in [0.4, 0.5) is 17.1 Å². The van der Waals surface area contributed by atoms with E-state index in [9.17, 15) is 0 Å². The fourth-order valence-corrected chi connectivity index (χ4v) is 7.88. The zero-order valence-corrected chi connectivity index (χ0v) is 25.6. The first kappa shape index (κ1) is 25.8. The maximum absolute atomic E-state index is 6.96. The summed E-state index contributed by atoms with van der Waals surface area (Å²) in [5.74, 6) is 5.08. The number of para-hydroxylation sites is 7. The molecule has 48 heavy (non-hydrogen) atoms. The Labute approximate surface area is 276 Å². The molecule has 1 aromatic heterocycles. The summed E-state index contributed by atoms with van der Waals surface area (Å²) in [5, 5.41) is 2.20. The van der Waals surface area contributed by atoms with Crippen LogP contribution in [0.2, 0.25) is 0 Å². The van der Waals surface area contributed by atoms with Crippen molar-refractivity contribution in [2.24, 2.45) is 0 Å². The molecular weight excluding hydrogens is 591 g/mol. The van der Waals surface area contributed by atoms with E-state index in [-0.39, 0.29) is 6.71 Å². The molecule has 5 nitrogen and oxygen atoms in total. The normalized spacial score (nSPS) is 13.4. The Morgan fingerprint density at radius 1 is 0.438 bits per heavy atom. The lowest BCUT2D eigenvalue weighted by Gasteiger charge is -2.33. The van der Waals surface area contributed by atoms with Gasteiger partial charge in [-0.05, 0) is 77.7 Å². The molecule has 0 aliphatic carbocycles. The third kappa shape index (κ3) is 3.46. The Morgan fingerprint density at radius 3 is 1.73 bits per heavy atom. The van der Waals surface area contributed by atoms with Crippen molar-refractivity contribution in [2.75, 3.05) is 4.90 Å². The number of ether oxygens (including phenoxy) is 3. The van der Waals surface area contributed by atoms with E-state index in [1.165, 1.54) is 0 Å². The van der Waals surface area contributed by atoms with Crippen molar-refractivity contribution in [3.63, 3.8) is 0 Å². The van der Waals surface area contributed by atoms with E-state index < -0.39 is 0 Å². The van der Waals surface area contributed by atoms with Gasteiger partial charge in [0.05, 0.1) is 22.4 Å². The highest BCUT2D eigenvalue weighted by Gasteiger charge is 2.42. The molecule has 7 aromatic carbocycles. The Morgan fingerprint density at radius 2 is 1.02 bits per heavy atom. The molecule has 0 N–H and O–H groups in total. The van der Waals surface area contributed by atoms with Gasteiger partial charge in [-0.15, -0.1) is 0 Å². The lowest BCUT2D eigenvalue weighted by molar-refractivity contribution is 0.467. The molecule has 224 valence electrons. The van der Waals surface area contributed by atoms with Crippen molar-refractivity contribution < 1.29 is 14.2 Å². The molecule has 0 unspecified atom stereocenters. The third-order valence-corrected chi connectivity index (χ3v) is 9.88. The summed E-state index contributed by atoms with van der Waals surface area (Å²) >= 11 is 0. The van der Waals surface area contributed by atoms with Crippen molar-refractivity contribution in [3.8, 4) is 40.2 Å². The second-order valence-corrected chi connectivity index (χ2v) is 12.5. The van der Waals surface area contributed by atoms with Crippen molar-refractivity contribution in [1.29, 1.82) is 0 Å². The van der Waals surface area contributed by atoms with Gasteiger partial charge in [0.1, 0.15) is 17.2 Å². The van der Waals surface area contributed by atoms with Crippen molar-refractivity contribution in [3.05, 3.63) is 152 Å². The molecule has 4 heterocycles. The Hall–Kier alpha value is -6.40. The second-order valence-electron chi connectivity index (χ2n) is 12.5. The van der Waals surface area contributed by atoms with Gasteiger partial charge in [-0.25, -0.2) is 0 Å². The fourth-order valence-electron chi connectivity index (χ4n) is 7.88. The quantitative estimate of drug-likeness (QED) is 0.182. The number of nitrogens with zero attached hydrogens (tertiary/aromatic N) is 2. The van der Waals surface area contributed by atoms with Crippen molar-refractivity contribution in [2.45, 2.75) is 0 Å². The van der Waals surface area contributed by atoms with E-state index in [4.69, 9.17) is 14.2 Å². The van der Waals surface area contributed by atoms with Crippen LogP contribution in [0.3, 0.4) is 0 Å². The van der Waals surface area contributed by atoms with Crippen LogP contribution >= 0.6 is 0 Å². The highest BCUT2D eigenvalue weighted by Crippen LogP contribution is 2.51. The topological polar surface area (TPSA) is 35.9 Å². The molecule has 0 spiro atoms. The van der Waals surface area contributed by atoms with Crippen LogP contribution in [0.15, 0.2) is 152 Å². The van der Waals surface area contributed by atoms with E-state index in [2.05, 4.69) is 125 Å². The largest absolute Gasteiger partial charge is 0.458 e. The molecule has 0 saturated heterocycles. The van der Waals surface area contributed by atoms with Gasteiger partial charge >= 0.3 is 0 Å². The smallest absolute Gasteiger partial charge is 0.260 e. The van der Waals surface area contributed by atoms with Crippen molar-refractivity contribution >= 4 is 62.0 Å². The van der Waals surface area contributed by atoms with E-state index in [1.54, 1.807) is 0 Å². The molecule has 3 aliphatic rings. The average Bonchev–Trinajstić information content (AvgIpc) is 3.47. The molecule has 8 aromatic rings. The van der Waals surface area contributed by atoms with Gasteiger partial charge < -0.3 is 23.7 Å². The van der Waals surface area contributed by atoms with E-state index >= 15 is 0 Å². The highest BCUT2D eigenvalue weighted by molar-refractivity contribution is 6.98. The summed E-state index contributed by atoms with van der Waals surface area (Å²) in [5.41, 5.74) is 9.56. The SMILES string of the molecule is c1ccc(-n2c3cc(N4c5ccccc5Oc5ccccc54)ccc3c3cc4c5c(c32)Oc2ccccc2B5c2ccccc2O4)cc1. The predicted molar refractivity (Wildman–Crippen MR) is 193 cm³/mol. The van der Waals surface area contributed by atoms with Crippen LogP contribution in [0, 0.1) is 0 Å². The summed E-state index contributed by atoms with van der Waals surface area (Å²) in [6.45, 7) is -0.00607. The van der Waals surface area contributed by atoms with Crippen LogP contribution in [-0.4, -0.2) is 11.3 Å². The minimum Gasteiger partial charge on any atom is -0.458 e. The molecule has 0 saturated carbocycles. The number of rotatable bonds is 2. The molecule has 0 atom stereocenters. The number of anilines is 3. The van der Waals surface area contributed by atoms with Crippen LogP contribution in [0.25, 0.3) is 27.5 Å². The Bertz CT molecular complexity index is 2570. The van der Waals surface area contributed by atoms with Gasteiger partial charge in [-0.1, -0.05) is 84.9 Å². The van der Waals surface area contributed by atoms with Gasteiger partial charge in [-0.3, -0.25) is 0 Å². The standard InChI is InChI=1S/C42H25BN2O3/c1-2-12-26(13-3-1)45-34-24-27(44-32-16-6-10-20-37(32)47-38-21-11-7-17-33(38)44)22-23-28(34)29-25-39-40-42(41(29)45)48-36-19-9-5-15-31(36)43(40)30-14-4-8-18-35(30)46-39/h1-25H. The molecule has 0 bridgehead atoms. The van der Waals surface area contributed by atoms with E-state index in [0.29, 0.717) is 0 Å². The zero-order valence-electron chi connectivity index (χ0n) is 25.6. The second kappa shape index (κ2) is 9.56. The van der Waals surface area contributed by atoms with Gasteiger partial charge in [0, 0.05) is 27.6 Å². The molecule has 3 aliphatic heterocycles. The number of fused-ring (bicyclic) bond motifs is 10. The van der Waals surface area contributed by atoms with Crippen LogP contribution < -0.4 is 35.5 Å². The van der Waals surface area contributed by atoms with Crippen LogP contribution in [0.1, 0.15) is 0 Å². The van der Waals surface area contributed by atoms with Gasteiger partial charge in [0.15, 0.2) is 17.2 Å². The predicted octanol–water partition coefficient (Wildman–Crippen LogP) is 9.09. The van der Waals surface area contributed by atoms with Crippen LogP contribution in [0.5, 0.6) is 34.5 Å². The van der Waals surface area contributed by atoms with Crippen molar-refractivity contribution in [1.82, 2.24) is 4.57 Å². The summed E-state index contributed by atoms with van der Waals surface area (Å²) in [6, 6.07) is 52.7. The van der Waals surface area contributed by atoms with E-state index in [1.807, 2.05) is 36.4 Å². The zero-order chi connectivity index (χ0) is 31.3. The summed E-state index contributed by atoms with van der Waals surface area (Å²) < 4.78 is 22.3. The molecule has 0 radical (unpaired) electrons.